The van der Waals surface area contributed by atoms with E-state index >= 15 is 0 Å². The van der Waals surface area contributed by atoms with Crippen LogP contribution in [-0.4, -0.2) is 24.0 Å². The fraction of sp³-hybridized carbons (Fsp3) is 0.423. The van der Waals surface area contributed by atoms with Gasteiger partial charge in [-0.05, 0) is 67.9 Å². The molecule has 2 aromatic carbocycles. The van der Waals surface area contributed by atoms with Crippen molar-refractivity contribution in [3.05, 3.63) is 80.3 Å². The van der Waals surface area contributed by atoms with Crippen molar-refractivity contribution in [1.82, 2.24) is 9.88 Å². The van der Waals surface area contributed by atoms with E-state index in [1.54, 1.807) is 11.3 Å². The fourth-order valence-corrected chi connectivity index (χ4v) is 3.53. The molecule has 0 saturated carbocycles. The molecule has 0 aliphatic rings. The number of rotatable bonds is 6. The van der Waals surface area contributed by atoms with Crippen molar-refractivity contribution in [2.45, 2.75) is 53.6 Å². The van der Waals surface area contributed by atoms with Gasteiger partial charge in [0.15, 0.2) is 0 Å². The van der Waals surface area contributed by atoms with Crippen LogP contribution in [0.2, 0.25) is 5.02 Å². The van der Waals surface area contributed by atoms with Crippen molar-refractivity contribution in [2.75, 3.05) is 19.8 Å². The van der Waals surface area contributed by atoms with Gasteiger partial charge in [-0.15, -0.1) is 11.3 Å². The Hall–Kier alpha value is -1.92. The number of thiazole rings is 1. The van der Waals surface area contributed by atoms with Crippen LogP contribution in [0.1, 0.15) is 54.6 Å². The molecule has 0 amide bonds. The summed E-state index contributed by atoms with van der Waals surface area (Å²) in [4.78, 5) is 6.58. The second-order valence-corrected chi connectivity index (χ2v) is 9.84. The summed E-state index contributed by atoms with van der Waals surface area (Å²) in [5.74, 6) is 0.884. The van der Waals surface area contributed by atoms with E-state index in [1.165, 1.54) is 23.1 Å². The number of aromatic nitrogens is 1. The number of hydrogen-bond acceptors (Lipinski definition) is 5. The minimum atomic E-state index is 0.505. The van der Waals surface area contributed by atoms with Gasteiger partial charge in [0.2, 0.25) is 0 Å². The lowest BCUT2D eigenvalue weighted by atomic mass is 10.1. The van der Waals surface area contributed by atoms with Crippen LogP contribution in [0.15, 0.2) is 47.8 Å². The standard InChI is InChI=1S/C12H13ClN2S.C9H14N2.C5H12/c1-8-2-3-10(13)4-9(8)5-12-15-11(6-14)7-16-12;1-11(2)7-8-3-5-9(10)6-4-8;1-4-5(2)3/h2-4,7H,5-6,14H2,1H3;3-6H,7,10H2,1-2H3;5H,4H2,1-3H3. The molecule has 4 N–H and O–H groups in total. The molecule has 3 aromatic rings. The highest BCUT2D eigenvalue weighted by molar-refractivity contribution is 7.09. The first-order valence-corrected chi connectivity index (χ1v) is 12.3. The van der Waals surface area contributed by atoms with Crippen molar-refractivity contribution in [1.29, 1.82) is 0 Å². The Kier molecular flexibility index (Phi) is 13.2. The third-order valence-corrected chi connectivity index (χ3v) is 5.89. The Morgan fingerprint density at radius 3 is 2.22 bits per heavy atom. The van der Waals surface area contributed by atoms with Gasteiger partial charge in [0, 0.05) is 35.6 Å². The molecule has 6 heteroatoms. The van der Waals surface area contributed by atoms with Crippen molar-refractivity contribution < 1.29 is 0 Å². The molecular formula is C26H39ClN4S. The number of anilines is 1. The number of nitrogens with two attached hydrogens (primary N) is 2. The van der Waals surface area contributed by atoms with Crippen molar-refractivity contribution in [3.63, 3.8) is 0 Å². The normalized spacial score (nSPS) is 10.4. The first-order valence-electron chi connectivity index (χ1n) is 11.0. The smallest absolute Gasteiger partial charge is 0.0972 e. The Morgan fingerprint density at radius 1 is 1.09 bits per heavy atom. The molecule has 0 aliphatic carbocycles. The lowest BCUT2D eigenvalue weighted by molar-refractivity contribution is 0.402. The SMILES string of the molecule is CCC(C)C.CN(C)Cc1ccc(N)cc1.Cc1ccc(Cl)cc1Cc1nc(CN)cs1. The van der Waals surface area contributed by atoms with Crippen LogP contribution in [0.4, 0.5) is 5.69 Å². The van der Waals surface area contributed by atoms with Gasteiger partial charge in [0.05, 0.1) is 10.7 Å². The van der Waals surface area contributed by atoms with Gasteiger partial charge >= 0.3 is 0 Å². The first-order chi connectivity index (χ1) is 15.1. The first kappa shape index (κ1) is 28.1. The van der Waals surface area contributed by atoms with E-state index in [-0.39, 0.29) is 0 Å². The van der Waals surface area contributed by atoms with Gasteiger partial charge in [0.25, 0.3) is 0 Å². The maximum atomic E-state index is 5.98. The van der Waals surface area contributed by atoms with Crippen LogP contribution in [-0.2, 0) is 19.5 Å². The van der Waals surface area contributed by atoms with E-state index in [0.717, 1.165) is 40.3 Å². The molecule has 4 nitrogen and oxygen atoms in total. The van der Waals surface area contributed by atoms with Crippen molar-refractivity contribution in [2.24, 2.45) is 11.7 Å². The maximum absolute atomic E-state index is 5.98. The number of aryl methyl sites for hydroxylation is 1. The molecule has 0 aliphatic heterocycles. The molecule has 176 valence electrons. The Labute approximate surface area is 203 Å². The van der Waals surface area contributed by atoms with Crippen molar-refractivity contribution in [3.8, 4) is 0 Å². The highest BCUT2D eigenvalue weighted by Crippen LogP contribution is 2.20. The Bertz CT molecular complexity index is 904. The predicted octanol–water partition coefficient (Wildman–Crippen LogP) is 6.54. The van der Waals surface area contributed by atoms with Crippen LogP contribution in [0.3, 0.4) is 0 Å². The predicted molar refractivity (Wildman–Crippen MR) is 142 cm³/mol. The molecule has 32 heavy (non-hydrogen) atoms. The molecule has 0 spiro atoms. The van der Waals surface area contributed by atoms with Crippen LogP contribution >= 0.6 is 22.9 Å². The molecule has 0 fully saturated rings. The number of halogens is 1. The summed E-state index contributed by atoms with van der Waals surface area (Å²) < 4.78 is 0. The zero-order chi connectivity index (χ0) is 24.1. The lowest BCUT2D eigenvalue weighted by Crippen LogP contribution is -2.10. The van der Waals surface area contributed by atoms with Crippen molar-refractivity contribution >= 4 is 28.6 Å². The zero-order valence-corrected chi connectivity index (χ0v) is 21.9. The van der Waals surface area contributed by atoms with Gasteiger partial charge in [-0.1, -0.05) is 57.0 Å². The summed E-state index contributed by atoms with van der Waals surface area (Å²) >= 11 is 7.63. The highest BCUT2D eigenvalue weighted by atomic mass is 35.5. The molecule has 0 saturated heterocycles. The highest BCUT2D eigenvalue weighted by Gasteiger charge is 2.05. The minimum Gasteiger partial charge on any atom is -0.399 e. The van der Waals surface area contributed by atoms with Gasteiger partial charge < -0.3 is 16.4 Å². The molecule has 0 atom stereocenters. The summed E-state index contributed by atoms with van der Waals surface area (Å²) in [6.45, 7) is 10.2. The molecular weight excluding hydrogens is 436 g/mol. The van der Waals surface area contributed by atoms with Crippen LogP contribution in [0, 0.1) is 12.8 Å². The van der Waals surface area contributed by atoms with E-state index in [9.17, 15) is 0 Å². The van der Waals surface area contributed by atoms with Gasteiger partial charge in [-0.3, -0.25) is 0 Å². The number of hydrogen-bond donors (Lipinski definition) is 2. The molecule has 0 bridgehead atoms. The zero-order valence-electron chi connectivity index (χ0n) is 20.4. The van der Waals surface area contributed by atoms with Crippen LogP contribution in [0.5, 0.6) is 0 Å². The minimum absolute atomic E-state index is 0.505. The average molecular weight is 475 g/mol. The molecule has 3 rings (SSSR count). The summed E-state index contributed by atoms with van der Waals surface area (Å²) in [7, 11) is 4.10. The van der Waals surface area contributed by atoms with E-state index in [1.807, 2.05) is 35.7 Å². The number of nitrogen functional groups attached to an aromatic ring is 1. The topological polar surface area (TPSA) is 68.2 Å². The largest absolute Gasteiger partial charge is 0.399 e. The molecule has 1 aromatic heterocycles. The summed E-state index contributed by atoms with van der Waals surface area (Å²) in [6, 6.07) is 13.9. The maximum Gasteiger partial charge on any atom is 0.0972 e. The number of benzene rings is 2. The lowest BCUT2D eigenvalue weighted by Gasteiger charge is -2.08. The third-order valence-electron chi connectivity index (χ3n) is 4.76. The number of nitrogens with zero attached hydrogens (tertiary/aromatic N) is 2. The molecule has 0 radical (unpaired) electrons. The fourth-order valence-electron chi connectivity index (χ4n) is 2.51. The van der Waals surface area contributed by atoms with Gasteiger partial charge in [-0.2, -0.15) is 0 Å². The van der Waals surface area contributed by atoms with Gasteiger partial charge in [-0.25, -0.2) is 4.98 Å². The van der Waals surface area contributed by atoms with Crippen LogP contribution < -0.4 is 11.5 Å². The average Bonchev–Trinajstić information content (AvgIpc) is 3.20. The second kappa shape index (κ2) is 15.0. The van der Waals surface area contributed by atoms with Crippen LogP contribution in [0.25, 0.3) is 0 Å². The summed E-state index contributed by atoms with van der Waals surface area (Å²) in [6.07, 6.45) is 2.14. The third kappa shape index (κ3) is 11.6. The van der Waals surface area contributed by atoms with E-state index in [0.29, 0.717) is 6.54 Å². The summed E-state index contributed by atoms with van der Waals surface area (Å²) in [5.41, 5.74) is 16.6. The quantitative estimate of drug-likeness (QED) is 0.398. The Morgan fingerprint density at radius 2 is 1.72 bits per heavy atom. The molecule has 0 unspecified atom stereocenters. The van der Waals surface area contributed by atoms with E-state index < -0.39 is 0 Å². The van der Waals surface area contributed by atoms with E-state index in [4.69, 9.17) is 23.1 Å². The summed E-state index contributed by atoms with van der Waals surface area (Å²) in [5, 5.41) is 3.87. The Balaban J connectivity index is 0.000000278. The van der Waals surface area contributed by atoms with E-state index in [2.05, 4.69) is 63.8 Å². The monoisotopic (exact) mass is 474 g/mol. The molecule has 1 heterocycles. The second-order valence-electron chi connectivity index (χ2n) is 8.47. The van der Waals surface area contributed by atoms with Gasteiger partial charge in [0.1, 0.15) is 0 Å².